The van der Waals surface area contributed by atoms with E-state index < -0.39 is 11.7 Å². The molecule has 28 heavy (non-hydrogen) atoms. The molecule has 0 aliphatic heterocycles. The normalized spacial score (nSPS) is 12.1. The van der Waals surface area contributed by atoms with Crippen LogP contribution in [0, 0.1) is 0 Å². The molecule has 0 atom stereocenters. The van der Waals surface area contributed by atoms with Gasteiger partial charge in [-0.05, 0) is 42.8 Å². The summed E-state index contributed by atoms with van der Waals surface area (Å²) in [5.74, 6) is 0. The third kappa shape index (κ3) is 3.27. The average molecular weight is 382 g/mol. The van der Waals surface area contributed by atoms with Gasteiger partial charge < -0.3 is 10.7 Å². The molecule has 1 aromatic heterocycles. The fourth-order valence-electron chi connectivity index (χ4n) is 3.88. The van der Waals surface area contributed by atoms with E-state index in [1.54, 1.807) is 12.1 Å². The Morgan fingerprint density at radius 3 is 2.36 bits per heavy atom. The van der Waals surface area contributed by atoms with Gasteiger partial charge in [-0.2, -0.15) is 13.2 Å². The summed E-state index contributed by atoms with van der Waals surface area (Å²) in [5.41, 5.74) is 7.56. The van der Waals surface area contributed by atoms with Gasteiger partial charge in [-0.15, -0.1) is 0 Å². The SMILES string of the molecule is NCCCCc1c(-c2ccccc2C(F)(F)F)[nH]c2c1ccc1ccccc12. The molecule has 0 unspecified atom stereocenters. The highest BCUT2D eigenvalue weighted by atomic mass is 19.4. The van der Waals surface area contributed by atoms with Crippen molar-refractivity contribution in [2.24, 2.45) is 5.73 Å². The Bertz CT molecular complexity index is 1130. The Labute approximate surface area is 161 Å². The smallest absolute Gasteiger partial charge is 0.354 e. The van der Waals surface area contributed by atoms with Crippen LogP contribution in [0.2, 0.25) is 0 Å². The molecule has 0 bridgehead atoms. The zero-order valence-corrected chi connectivity index (χ0v) is 15.3. The Morgan fingerprint density at radius 1 is 0.821 bits per heavy atom. The predicted molar refractivity (Wildman–Crippen MR) is 108 cm³/mol. The molecule has 0 saturated heterocycles. The number of unbranched alkanes of at least 4 members (excludes halogenated alkanes) is 1. The fourth-order valence-corrected chi connectivity index (χ4v) is 3.88. The minimum Gasteiger partial charge on any atom is -0.354 e. The van der Waals surface area contributed by atoms with E-state index in [2.05, 4.69) is 4.98 Å². The van der Waals surface area contributed by atoms with Crippen LogP contribution in [0.15, 0.2) is 60.7 Å². The summed E-state index contributed by atoms with van der Waals surface area (Å²) in [4.78, 5) is 3.33. The van der Waals surface area contributed by atoms with Crippen LogP contribution >= 0.6 is 0 Å². The third-order valence-corrected chi connectivity index (χ3v) is 5.19. The monoisotopic (exact) mass is 382 g/mol. The molecule has 0 saturated carbocycles. The number of H-pyrrole nitrogens is 1. The molecule has 5 heteroatoms. The number of nitrogens with one attached hydrogen (secondary N) is 1. The van der Waals surface area contributed by atoms with E-state index in [1.165, 1.54) is 6.07 Å². The van der Waals surface area contributed by atoms with Gasteiger partial charge in [0.2, 0.25) is 0 Å². The topological polar surface area (TPSA) is 41.8 Å². The van der Waals surface area contributed by atoms with Crippen molar-refractivity contribution in [2.75, 3.05) is 6.54 Å². The lowest BCUT2D eigenvalue weighted by molar-refractivity contribution is -0.137. The molecule has 2 nitrogen and oxygen atoms in total. The summed E-state index contributed by atoms with van der Waals surface area (Å²) in [6.07, 6.45) is -2.07. The summed E-state index contributed by atoms with van der Waals surface area (Å²) < 4.78 is 41.0. The average Bonchev–Trinajstić information content (AvgIpc) is 3.06. The van der Waals surface area contributed by atoms with Crippen LogP contribution in [0.5, 0.6) is 0 Å². The molecule has 0 aliphatic carbocycles. The third-order valence-electron chi connectivity index (χ3n) is 5.19. The largest absolute Gasteiger partial charge is 0.417 e. The second kappa shape index (κ2) is 7.32. The van der Waals surface area contributed by atoms with Crippen LogP contribution < -0.4 is 5.73 Å². The summed E-state index contributed by atoms with van der Waals surface area (Å²) in [6, 6.07) is 17.7. The Morgan fingerprint density at radius 2 is 1.57 bits per heavy atom. The van der Waals surface area contributed by atoms with Crippen molar-refractivity contribution in [3.05, 3.63) is 71.8 Å². The number of rotatable bonds is 5. The van der Waals surface area contributed by atoms with Gasteiger partial charge in [0.1, 0.15) is 0 Å². The maximum atomic E-state index is 13.7. The van der Waals surface area contributed by atoms with Gasteiger partial charge in [-0.25, -0.2) is 0 Å². The predicted octanol–water partition coefficient (Wildman–Crippen LogP) is 6.29. The van der Waals surface area contributed by atoms with Crippen LogP contribution in [0.25, 0.3) is 32.9 Å². The van der Waals surface area contributed by atoms with Gasteiger partial charge in [-0.3, -0.25) is 0 Å². The number of aromatic amines is 1. The Hall–Kier alpha value is -2.79. The number of hydrogen-bond acceptors (Lipinski definition) is 1. The number of hydrogen-bond donors (Lipinski definition) is 2. The Kier molecular flexibility index (Phi) is 4.85. The van der Waals surface area contributed by atoms with E-state index in [0.29, 0.717) is 18.7 Å². The zero-order chi connectivity index (χ0) is 19.7. The minimum absolute atomic E-state index is 0.193. The molecule has 3 N–H and O–H groups in total. The molecule has 4 rings (SSSR count). The van der Waals surface area contributed by atoms with Crippen molar-refractivity contribution >= 4 is 21.7 Å². The Balaban J connectivity index is 2.00. The highest BCUT2D eigenvalue weighted by molar-refractivity contribution is 6.09. The molecule has 0 radical (unpaired) electrons. The molecule has 0 spiro atoms. The number of aryl methyl sites for hydroxylation is 1. The maximum Gasteiger partial charge on any atom is 0.417 e. The van der Waals surface area contributed by atoms with E-state index in [1.807, 2.05) is 36.4 Å². The van der Waals surface area contributed by atoms with Gasteiger partial charge in [0, 0.05) is 16.3 Å². The summed E-state index contributed by atoms with van der Waals surface area (Å²) >= 11 is 0. The molecular formula is C23H21F3N2. The molecule has 0 aliphatic rings. The second-order valence-corrected chi connectivity index (χ2v) is 6.98. The summed E-state index contributed by atoms with van der Waals surface area (Å²) in [5, 5.41) is 3.04. The molecule has 4 aromatic rings. The van der Waals surface area contributed by atoms with Crippen molar-refractivity contribution in [3.8, 4) is 11.3 Å². The lowest BCUT2D eigenvalue weighted by atomic mass is 9.96. The van der Waals surface area contributed by atoms with Crippen LogP contribution in [0.4, 0.5) is 13.2 Å². The molecule has 1 heterocycles. The van der Waals surface area contributed by atoms with E-state index in [0.717, 1.165) is 46.1 Å². The summed E-state index contributed by atoms with van der Waals surface area (Å²) in [7, 11) is 0. The first-order valence-corrected chi connectivity index (χ1v) is 9.39. The lowest BCUT2D eigenvalue weighted by Gasteiger charge is -2.13. The van der Waals surface area contributed by atoms with E-state index >= 15 is 0 Å². The van der Waals surface area contributed by atoms with Gasteiger partial charge >= 0.3 is 6.18 Å². The van der Waals surface area contributed by atoms with Crippen molar-refractivity contribution in [1.29, 1.82) is 0 Å². The highest BCUT2D eigenvalue weighted by Crippen LogP contribution is 2.41. The number of fused-ring (bicyclic) bond motifs is 3. The second-order valence-electron chi connectivity index (χ2n) is 6.98. The quantitative estimate of drug-likeness (QED) is 0.391. The van der Waals surface area contributed by atoms with Crippen molar-refractivity contribution < 1.29 is 13.2 Å². The first-order chi connectivity index (χ1) is 13.5. The number of benzene rings is 3. The molecule has 0 fully saturated rings. The van der Waals surface area contributed by atoms with E-state index in [4.69, 9.17) is 5.73 Å². The van der Waals surface area contributed by atoms with Crippen LogP contribution in [0.1, 0.15) is 24.0 Å². The number of halogens is 3. The fraction of sp³-hybridized carbons (Fsp3) is 0.217. The lowest BCUT2D eigenvalue weighted by Crippen LogP contribution is -2.07. The van der Waals surface area contributed by atoms with Gasteiger partial charge in [0.25, 0.3) is 0 Å². The van der Waals surface area contributed by atoms with E-state index in [-0.39, 0.29) is 5.56 Å². The number of nitrogens with two attached hydrogens (primary N) is 1. The first-order valence-electron chi connectivity index (χ1n) is 9.39. The molecule has 0 amide bonds. The molecule has 3 aromatic carbocycles. The van der Waals surface area contributed by atoms with Crippen molar-refractivity contribution in [1.82, 2.24) is 4.98 Å². The van der Waals surface area contributed by atoms with Gasteiger partial charge in [-0.1, -0.05) is 54.6 Å². The number of alkyl halides is 3. The zero-order valence-electron chi connectivity index (χ0n) is 15.3. The summed E-state index contributed by atoms with van der Waals surface area (Å²) in [6.45, 7) is 0.569. The van der Waals surface area contributed by atoms with Gasteiger partial charge in [0.05, 0.1) is 16.8 Å². The van der Waals surface area contributed by atoms with Gasteiger partial charge in [0.15, 0.2) is 0 Å². The number of aromatic nitrogens is 1. The molecule has 144 valence electrons. The standard InChI is InChI=1S/C23H21F3N2/c24-23(25,26)20-11-4-3-10-19(20)22-17(9-5-6-14-27)18-13-12-15-7-1-2-8-16(15)21(18)28-22/h1-4,7-8,10-13,28H,5-6,9,14,27H2. The van der Waals surface area contributed by atoms with Crippen LogP contribution in [-0.4, -0.2) is 11.5 Å². The van der Waals surface area contributed by atoms with Crippen LogP contribution in [-0.2, 0) is 12.6 Å². The van der Waals surface area contributed by atoms with E-state index in [9.17, 15) is 13.2 Å². The highest BCUT2D eigenvalue weighted by Gasteiger charge is 2.34. The first kappa shape index (κ1) is 18.6. The van der Waals surface area contributed by atoms with Crippen molar-refractivity contribution in [3.63, 3.8) is 0 Å². The maximum absolute atomic E-state index is 13.7. The van der Waals surface area contributed by atoms with Crippen molar-refractivity contribution in [2.45, 2.75) is 25.4 Å². The van der Waals surface area contributed by atoms with Crippen LogP contribution in [0.3, 0.4) is 0 Å². The molecular weight excluding hydrogens is 361 g/mol. The minimum atomic E-state index is -4.41.